The molecule has 0 saturated heterocycles. The number of esters is 1. The normalized spacial score (nSPS) is 9.85. The molecule has 1 rings (SSSR count). The molecular weight excluding hydrogens is 322 g/mol. The number of nitrogens with one attached hydrogen (secondary N) is 1. The van der Waals surface area contributed by atoms with Gasteiger partial charge in [0.1, 0.15) is 5.57 Å². The maximum absolute atomic E-state index is 12.2. The first-order chi connectivity index (χ1) is 9.36. The van der Waals surface area contributed by atoms with Gasteiger partial charge >= 0.3 is 5.97 Å². The quantitative estimate of drug-likeness (QED) is 0.394. The van der Waals surface area contributed by atoms with E-state index < -0.39 is 11.9 Å². The van der Waals surface area contributed by atoms with Crippen molar-refractivity contribution in [1.82, 2.24) is 0 Å². The summed E-state index contributed by atoms with van der Waals surface area (Å²) < 4.78 is 5.84. The highest BCUT2D eigenvalue weighted by Crippen LogP contribution is 2.21. The number of hydrogen-bond acceptors (Lipinski definition) is 3. The molecule has 0 aliphatic carbocycles. The highest BCUT2D eigenvalue weighted by atomic mass is 79.9. The SMILES string of the molecule is CCOC(=O)C(C(=O)Nc1ccc(Br)cc1C)=C(C)C. The Bertz CT molecular complexity index is 560. The molecule has 0 spiro atoms. The third kappa shape index (κ3) is 4.20. The Balaban J connectivity index is 2.98. The van der Waals surface area contributed by atoms with E-state index >= 15 is 0 Å². The van der Waals surface area contributed by atoms with E-state index in [0.29, 0.717) is 11.3 Å². The molecule has 0 unspecified atom stereocenters. The average Bonchev–Trinajstić information content (AvgIpc) is 2.32. The summed E-state index contributed by atoms with van der Waals surface area (Å²) in [5.74, 6) is -1.05. The number of ether oxygens (including phenoxy) is 1. The second-order valence-electron chi connectivity index (χ2n) is 4.51. The number of carbonyl (C=O) groups is 2. The first-order valence-electron chi connectivity index (χ1n) is 6.29. The lowest BCUT2D eigenvalue weighted by molar-refractivity contribution is -0.139. The topological polar surface area (TPSA) is 55.4 Å². The van der Waals surface area contributed by atoms with Crippen LogP contribution in [0.4, 0.5) is 5.69 Å². The molecule has 108 valence electrons. The summed E-state index contributed by atoms with van der Waals surface area (Å²) in [6.45, 7) is 7.24. The smallest absolute Gasteiger partial charge is 0.343 e. The van der Waals surface area contributed by atoms with Crippen LogP contribution in [0.1, 0.15) is 26.3 Å². The number of benzene rings is 1. The Hall–Kier alpha value is -1.62. The van der Waals surface area contributed by atoms with Gasteiger partial charge in [-0.3, -0.25) is 4.79 Å². The largest absolute Gasteiger partial charge is 0.462 e. The van der Waals surface area contributed by atoms with Gasteiger partial charge in [0.15, 0.2) is 0 Å². The van der Waals surface area contributed by atoms with Gasteiger partial charge in [0, 0.05) is 10.2 Å². The Labute approximate surface area is 127 Å². The lowest BCUT2D eigenvalue weighted by Gasteiger charge is -2.12. The van der Waals surface area contributed by atoms with Crippen molar-refractivity contribution in [3.8, 4) is 0 Å². The van der Waals surface area contributed by atoms with Crippen LogP contribution in [0.3, 0.4) is 0 Å². The molecule has 0 atom stereocenters. The minimum atomic E-state index is -0.597. The zero-order chi connectivity index (χ0) is 15.3. The molecule has 1 aromatic rings. The molecule has 0 radical (unpaired) electrons. The van der Waals surface area contributed by atoms with E-state index in [9.17, 15) is 9.59 Å². The minimum absolute atomic E-state index is 0.0502. The van der Waals surface area contributed by atoms with Crippen LogP contribution in [-0.2, 0) is 14.3 Å². The number of carbonyl (C=O) groups excluding carboxylic acids is 2. The van der Waals surface area contributed by atoms with Gasteiger partial charge in [-0.05, 0) is 51.5 Å². The van der Waals surface area contributed by atoms with Crippen LogP contribution < -0.4 is 5.32 Å². The molecule has 0 aliphatic rings. The van der Waals surface area contributed by atoms with Crippen molar-refractivity contribution in [2.45, 2.75) is 27.7 Å². The molecule has 0 fully saturated rings. The molecule has 0 heterocycles. The van der Waals surface area contributed by atoms with Crippen molar-refractivity contribution in [3.05, 3.63) is 39.4 Å². The summed E-state index contributed by atoms with van der Waals surface area (Å²) >= 11 is 3.36. The maximum Gasteiger partial charge on any atom is 0.343 e. The molecule has 1 amide bonds. The van der Waals surface area contributed by atoms with Gasteiger partial charge in [-0.25, -0.2) is 4.79 Å². The number of halogens is 1. The van der Waals surface area contributed by atoms with Gasteiger partial charge in [-0.15, -0.1) is 0 Å². The van der Waals surface area contributed by atoms with Crippen molar-refractivity contribution >= 4 is 33.5 Å². The summed E-state index contributed by atoms with van der Waals surface area (Å²) in [6.07, 6.45) is 0. The van der Waals surface area contributed by atoms with E-state index in [2.05, 4.69) is 21.2 Å². The summed E-state index contributed by atoms with van der Waals surface area (Å²) in [4.78, 5) is 24.0. The Morgan fingerprint density at radius 1 is 1.30 bits per heavy atom. The maximum atomic E-state index is 12.2. The van der Waals surface area contributed by atoms with Crippen LogP contribution in [0, 0.1) is 6.92 Å². The number of rotatable bonds is 4. The second kappa shape index (κ2) is 7.24. The van der Waals surface area contributed by atoms with Gasteiger partial charge in [0.25, 0.3) is 5.91 Å². The number of hydrogen-bond donors (Lipinski definition) is 1. The molecule has 1 N–H and O–H groups in total. The zero-order valence-electron chi connectivity index (χ0n) is 12.0. The third-order valence-corrected chi connectivity index (χ3v) is 3.14. The van der Waals surface area contributed by atoms with Crippen molar-refractivity contribution < 1.29 is 14.3 Å². The molecule has 0 saturated carbocycles. The fourth-order valence-corrected chi connectivity index (χ4v) is 2.15. The van der Waals surface area contributed by atoms with Gasteiger partial charge in [-0.1, -0.05) is 21.5 Å². The number of allylic oxidation sites excluding steroid dienone is 1. The number of anilines is 1. The predicted molar refractivity (Wildman–Crippen MR) is 82.5 cm³/mol. The lowest BCUT2D eigenvalue weighted by Crippen LogP contribution is -2.23. The van der Waals surface area contributed by atoms with Crippen molar-refractivity contribution in [2.75, 3.05) is 11.9 Å². The molecule has 1 aromatic carbocycles. The number of amides is 1. The molecule has 0 aliphatic heterocycles. The minimum Gasteiger partial charge on any atom is -0.462 e. The van der Waals surface area contributed by atoms with Crippen LogP contribution in [0.2, 0.25) is 0 Å². The summed E-state index contributed by atoms with van der Waals surface area (Å²) in [7, 11) is 0. The fraction of sp³-hybridized carbons (Fsp3) is 0.333. The van der Waals surface area contributed by atoms with Gasteiger partial charge in [0.05, 0.1) is 6.61 Å². The predicted octanol–water partition coefficient (Wildman–Crippen LogP) is 3.60. The van der Waals surface area contributed by atoms with E-state index in [1.54, 1.807) is 26.8 Å². The van der Waals surface area contributed by atoms with E-state index in [-0.39, 0.29) is 12.2 Å². The highest BCUT2D eigenvalue weighted by molar-refractivity contribution is 9.10. The molecule has 20 heavy (non-hydrogen) atoms. The first kappa shape index (κ1) is 16.4. The second-order valence-corrected chi connectivity index (χ2v) is 5.42. The van der Waals surface area contributed by atoms with E-state index in [0.717, 1.165) is 10.0 Å². The third-order valence-electron chi connectivity index (χ3n) is 2.64. The Kier molecular flexibility index (Phi) is 5.95. The molecule has 5 heteroatoms. The van der Waals surface area contributed by atoms with Gasteiger partial charge < -0.3 is 10.1 Å². The molecular formula is C15H18BrNO3. The van der Waals surface area contributed by atoms with Crippen LogP contribution in [0.5, 0.6) is 0 Å². The first-order valence-corrected chi connectivity index (χ1v) is 7.08. The fourth-order valence-electron chi connectivity index (χ4n) is 1.68. The van der Waals surface area contributed by atoms with Crippen LogP contribution >= 0.6 is 15.9 Å². The van der Waals surface area contributed by atoms with Crippen molar-refractivity contribution in [3.63, 3.8) is 0 Å². The molecule has 4 nitrogen and oxygen atoms in total. The van der Waals surface area contributed by atoms with E-state index in [4.69, 9.17) is 4.74 Å². The zero-order valence-corrected chi connectivity index (χ0v) is 13.6. The average molecular weight is 340 g/mol. The van der Waals surface area contributed by atoms with Crippen molar-refractivity contribution in [1.29, 1.82) is 0 Å². The Morgan fingerprint density at radius 2 is 1.95 bits per heavy atom. The van der Waals surface area contributed by atoms with Crippen LogP contribution in [0.15, 0.2) is 33.8 Å². The molecule has 0 aromatic heterocycles. The highest BCUT2D eigenvalue weighted by Gasteiger charge is 2.21. The van der Waals surface area contributed by atoms with E-state index in [1.165, 1.54) is 0 Å². The van der Waals surface area contributed by atoms with Crippen LogP contribution in [0.25, 0.3) is 0 Å². The summed E-state index contributed by atoms with van der Waals surface area (Å²) in [5, 5.41) is 2.74. The summed E-state index contributed by atoms with van der Waals surface area (Å²) in [6, 6.07) is 5.50. The Morgan fingerprint density at radius 3 is 2.45 bits per heavy atom. The standard InChI is InChI=1S/C15H18BrNO3/c1-5-20-15(19)13(9(2)3)14(18)17-12-7-6-11(16)8-10(12)4/h6-8H,5H2,1-4H3,(H,17,18). The monoisotopic (exact) mass is 339 g/mol. The van der Waals surface area contributed by atoms with Gasteiger partial charge in [0.2, 0.25) is 0 Å². The van der Waals surface area contributed by atoms with Gasteiger partial charge in [-0.2, -0.15) is 0 Å². The lowest BCUT2D eigenvalue weighted by atomic mass is 10.1. The van der Waals surface area contributed by atoms with Crippen LogP contribution in [-0.4, -0.2) is 18.5 Å². The summed E-state index contributed by atoms with van der Waals surface area (Å²) in [5.41, 5.74) is 2.25. The van der Waals surface area contributed by atoms with E-state index in [1.807, 2.05) is 19.1 Å². The molecule has 0 bridgehead atoms. The van der Waals surface area contributed by atoms with Crippen molar-refractivity contribution in [2.24, 2.45) is 0 Å². The number of aryl methyl sites for hydroxylation is 1.